The van der Waals surface area contributed by atoms with Gasteiger partial charge in [-0.25, -0.2) is 9.37 Å². The summed E-state index contributed by atoms with van der Waals surface area (Å²) in [5, 5.41) is 0. The summed E-state index contributed by atoms with van der Waals surface area (Å²) in [4.78, 5) is 9.80. The first kappa shape index (κ1) is 26.1. The molecule has 1 aromatic heterocycles. The van der Waals surface area contributed by atoms with Crippen LogP contribution in [-0.2, 0) is 0 Å². The summed E-state index contributed by atoms with van der Waals surface area (Å²) >= 11 is 3.40. The fraction of sp³-hybridized carbons (Fsp3) is 0.212. The molecule has 1 aliphatic rings. The molecule has 0 N–H and O–H groups in total. The second kappa shape index (κ2) is 11.4. The number of benzene rings is 3. The largest absolute Gasteiger partial charge is 0.484 e. The van der Waals surface area contributed by atoms with Crippen LogP contribution >= 0.6 is 15.9 Å². The Kier molecular flexibility index (Phi) is 7.85. The van der Waals surface area contributed by atoms with Crippen molar-refractivity contribution in [3.8, 4) is 5.75 Å². The Balaban J connectivity index is 1.59. The van der Waals surface area contributed by atoms with Gasteiger partial charge in [-0.1, -0.05) is 92.7 Å². The molecule has 3 nitrogen and oxygen atoms in total. The van der Waals surface area contributed by atoms with Gasteiger partial charge in [0.2, 0.25) is 0 Å². The molecule has 0 saturated heterocycles. The zero-order valence-corrected chi connectivity index (χ0v) is 23.0. The van der Waals surface area contributed by atoms with Crippen LogP contribution in [0.2, 0.25) is 0 Å². The number of aliphatic imine (C=N–C) groups is 1. The summed E-state index contributed by atoms with van der Waals surface area (Å²) in [6.45, 7) is 6.50. The highest BCUT2D eigenvalue weighted by Crippen LogP contribution is 2.51. The minimum atomic E-state index is -0.634. The maximum atomic E-state index is 14.3. The first-order valence-electron chi connectivity index (χ1n) is 13.0. The predicted molar refractivity (Wildman–Crippen MR) is 156 cm³/mol. The maximum absolute atomic E-state index is 14.3. The van der Waals surface area contributed by atoms with Crippen LogP contribution in [0.5, 0.6) is 5.75 Å². The van der Waals surface area contributed by atoms with E-state index in [1.165, 1.54) is 12.1 Å². The second-order valence-corrected chi connectivity index (χ2v) is 10.5. The molecule has 2 atom stereocenters. The molecule has 192 valence electrons. The van der Waals surface area contributed by atoms with E-state index in [-0.39, 0.29) is 11.9 Å². The maximum Gasteiger partial charge on any atom is 0.136 e. The van der Waals surface area contributed by atoms with E-state index in [9.17, 15) is 4.39 Å². The molecule has 0 bridgehead atoms. The summed E-state index contributed by atoms with van der Waals surface area (Å²) in [6.07, 6.45) is 4.91. The number of hydrogen-bond donors (Lipinski definition) is 0. The molecule has 2 heterocycles. The third kappa shape index (κ3) is 5.48. The second-order valence-electron chi connectivity index (χ2n) is 9.68. The Bertz CT molecular complexity index is 1400. The number of halogens is 2. The van der Waals surface area contributed by atoms with E-state index in [1.54, 1.807) is 0 Å². The Labute approximate surface area is 232 Å². The summed E-state index contributed by atoms with van der Waals surface area (Å²) in [6, 6.07) is 28.9. The number of aromatic nitrogens is 1. The van der Waals surface area contributed by atoms with Gasteiger partial charge in [0.15, 0.2) is 0 Å². The van der Waals surface area contributed by atoms with E-state index in [1.807, 2.05) is 60.8 Å². The van der Waals surface area contributed by atoms with Gasteiger partial charge < -0.3 is 4.74 Å². The minimum Gasteiger partial charge on any atom is -0.484 e. The highest BCUT2D eigenvalue weighted by Gasteiger charge is 2.48. The van der Waals surface area contributed by atoms with E-state index in [0.717, 1.165) is 51.0 Å². The van der Waals surface area contributed by atoms with Gasteiger partial charge in [0, 0.05) is 29.0 Å². The Morgan fingerprint density at radius 3 is 2.24 bits per heavy atom. The van der Waals surface area contributed by atoms with Gasteiger partial charge in [-0.2, -0.15) is 0 Å². The van der Waals surface area contributed by atoms with E-state index >= 15 is 0 Å². The lowest BCUT2D eigenvalue weighted by molar-refractivity contribution is 0.0519. The first-order chi connectivity index (χ1) is 18.5. The Morgan fingerprint density at radius 2 is 1.63 bits per heavy atom. The third-order valence-electron chi connectivity index (χ3n) is 7.09. The molecule has 0 fully saturated rings. The molecule has 1 aliphatic heterocycles. The van der Waals surface area contributed by atoms with Crippen molar-refractivity contribution in [1.29, 1.82) is 0 Å². The summed E-state index contributed by atoms with van der Waals surface area (Å²) in [7, 11) is 0. The van der Waals surface area contributed by atoms with Crippen molar-refractivity contribution >= 4 is 27.2 Å². The topological polar surface area (TPSA) is 34.5 Å². The van der Waals surface area contributed by atoms with E-state index in [2.05, 4.69) is 58.7 Å². The summed E-state index contributed by atoms with van der Waals surface area (Å²) in [5.74, 6) is 0.263. The SMILES string of the molecule is C=C(CCC1(CCC)Oc2cc(F)ccc2[C@H]1N=C(c1ccccc1)c1ccccc1)c1ccc(Br)nc1. The standard InChI is InChI=1S/C33H30BrFN2O/c1-3-19-33(20-18-23(2)26-14-17-30(34)36-22-26)32(28-16-15-27(35)21-29(28)38-33)37-31(24-10-6-4-7-11-24)25-12-8-5-9-13-25/h4-17,21-22,32H,2-3,18-20H2,1H3/t32-,33?/m1/s1. The molecule has 0 saturated carbocycles. The lowest BCUT2D eigenvalue weighted by Gasteiger charge is -2.34. The highest BCUT2D eigenvalue weighted by molar-refractivity contribution is 9.10. The summed E-state index contributed by atoms with van der Waals surface area (Å²) < 4.78 is 21.8. The van der Waals surface area contributed by atoms with Crippen LogP contribution in [-0.4, -0.2) is 16.3 Å². The summed E-state index contributed by atoms with van der Waals surface area (Å²) in [5.41, 5.74) is 5.23. The number of rotatable bonds is 9. The van der Waals surface area contributed by atoms with Crippen molar-refractivity contribution in [2.75, 3.05) is 0 Å². The molecular formula is C33H30BrFN2O. The average Bonchev–Trinajstić information content (AvgIpc) is 3.23. The minimum absolute atomic E-state index is 0.302. The number of fused-ring (bicyclic) bond motifs is 1. The van der Waals surface area contributed by atoms with Gasteiger partial charge in [0.25, 0.3) is 0 Å². The smallest absolute Gasteiger partial charge is 0.136 e. The molecule has 1 unspecified atom stereocenters. The van der Waals surface area contributed by atoms with Gasteiger partial charge in [-0.15, -0.1) is 0 Å². The fourth-order valence-electron chi connectivity index (χ4n) is 5.22. The molecule has 0 aliphatic carbocycles. The quantitative estimate of drug-likeness (QED) is 0.149. The van der Waals surface area contributed by atoms with E-state index in [4.69, 9.17) is 9.73 Å². The molecule has 0 amide bonds. The van der Waals surface area contributed by atoms with Crippen LogP contribution in [0.15, 0.2) is 113 Å². The first-order valence-corrected chi connectivity index (χ1v) is 13.8. The molecule has 0 spiro atoms. The average molecular weight is 570 g/mol. The monoisotopic (exact) mass is 568 g/mol. The molecule has 3 aromatic carbocycles. The van der Waals surface area contributed by atoms with Gasteiger partial charge >= 0.3 is 0 Å². The van der Waals surface area contributed by atoms with Crippen molar-refractivity contribution in [3.05, 3.63) is 136 Å². The Hall–Kier alpha value is -3.57. The van der Waals surface area contributed by atoms with Crippen LogP contribution in [0.3, 0.4) is 0 Å². The van der Waals surface area contributed by atoms with Crippen LogP contribution in [0, 0.1) is 5.82 Å². The molecule has 4 aromatic rings. The molecule has 5 rings (SSSR count). The molecule has 38 heavy (non-hydrogen) atoms. The Morgan fingerprint density at radius 1 is 0.947 bits per heavy atom. The van der Waals surface area contributed by atoms with Crippen molar-refractivity contribution in [2.24, 2.45) is 4.99 Å². The molecule has 0 radical (unpaired) electrons. The van der Waals surface area contributed by atoms with Crippen LogP contribution in [0.1, 0.15) is 60.9 Å². The molecular weight excluding hydrogens is 539 g/mol. The predicted octanol–water partition coefficient (Wildman–Crippen LogP) is 8.99. The van der Waals surface area contributed by atoms with Gasteiger partial charge in [-0.3, -0.25) is 4.99 Å². The van der Waals surface area contributed by atoms with E-state index in [0.29, 0.717) is 18.6 Å². The number of ether oxygens (including phenoxy) is 1. The number of pyridine rings is 1. The van der Waals surface area contributed by atoms with Crippen molar-refractivity contribution in [3.63, 3.8) is 0 Å². The van der Waals surface area contributed by atoms with E-state index < -0.39 is 5.60 Å². The zero-order valence-electron chi connectivity index (χ0n) is 21.4. The highest BCUT2D eigenvalue weighted by atomic mass is 79.9. The van der Waals surface area contributed by atoms with Gasteiger partial charge in [0.05, 0.1) is 5.71 Å². The lowest BCUT2D eigenvalue weighted by atomic mass is 9.81. The number of nitrogens with zero attached hydrogens (tertiary/aromatic N) is 2. The van der Waals surface area contributed by atoms with Crippen LogP contribution < -0.4 is 4.74 Å². The normalized spacial score (nSPS) is 17.9. The molecule has 5 heteroatoms. The van der Waals surface area contributed by atoms with Crippen molar-refractivity contribution < 1.29 is 9.13 Å². The van der Waals surface area contributed by atoms with Gasteiger partial charge in [-0.05, 0) is 58.5 Å². The lowest BCUT2D eigenvalue weighted by Crippen LogP contribution is -2.38. The van der Waals surface area contributed by atoms with Crippen molar-refractivity contribution in [1.82, 2.24) is 4.98 Å². The number of hydrogen-bond acceptors (Lipinski definition) is 3. The fourth-order valence-corrected chi connectivity index (χ4v) is 5.45. The van der Waals surface area contributed by atoms with Crippen LogP contribution in [0.4, 0.5) is 4.39 Å². The third-order valence-corrected chi connectivity index (χ3v) is 7.56. The zero-order chi connectivity index (χ0) is 26.5. The van der Waals surface area contributed by atoms with Crippen molar-refractivity contribution in [2.45, 2.75) is 44.2 Å². The van der Waals surface area contributed by atoms with Crippen LogP contribution in [0.25, 0.3) is 5.57 Å². The number of allylic oxidation sites excluding steroid dienone is 1. The van der Waals surface area contributed by atoms with Gasteiger partial charge in [0.1, 0.15) is 27.8 Å².